The van der Waals surface area contributed by atoms with Crippen LogP contribution in [0.2, 0.25) is 10.0 Å². The fourth-order valence-electron chi connectivity index (χ4n) is 1.58. The molecule has 0 fully saturated rings. The molecule has 0 spiro atoms. The van der Waals surface area contributed by atoms with Crippen molar-refractivity contribution in [3.63, 3.8) is 0 Å². The van der Waals surface area contributed by atoms with Gasteiger partial charge >= 0.3 is 0 Å². The van der Waals surface area contributed by atoms with Crippen LogP contribution >= 0.6 is 23.2 Å². The van der Waals surface area contributed by atoms with Crippen LogP contribution in [0.1, 0.15) is 25.3 Å². The third kappa shape index (κ3) is 4.65. The zero-order valence-electron chi connectivity index (χ0n) is 10.3. The fraction of sp³-hybridized carbons (Fsp3) is 0.538. The third-order valence-corrected chi connectivity index (χ3v) is 2.99. The van der Waals surface area contributed by atoms with Crippen molar-refractivity contribution in [2.45, 2.75) is 32.3 Å². The van der Waals surface area contributed by atoms with Gasteiger partial charge in [0.05, 0.1) is 24.3 Å². The minimum absolute atomic E-state index is 0.251. The molecule has 1 unspecified atom stereocenters. The van der Waals surface area contributed by atoms with E-state index in [1.165, 1.54) is 0 Å². The Balaban J connectivity index is 2.85. The molecule has 1 aromatic rings. The van der Waals surface area contributed by atoms with Gasteiger partial charge in [-0.25, -0.2) is 0 Å². The number of benzene rings is 1. The Labute approximate surface area is 117 Å². The van der Waals surface area contributed by atoms with Crippen molar-refractivity contribution in [1.29, 1.82) is 0 Å². The lowest BCUT2D eigenvalue weighted by Crippen LogP contribution is -2.13. The predicted octanol–water partition coefficient (Wildman–Crippen LogP) is 3.07. The van der Waals surface area contributed by atoms with Crippen molar-refractivity contribution in [2.75, 3.05) is 13.2 Å². The van der Waals surface area contributed by atoms with Gasteiger partial charge in [-0.15, -0.1) is 0 Å². The molecular weight excluding hydrogens is 275 g/mol. The SMILES string of the molecule is CCCOc1c(Cl)cc(Cl)cc1CCC(O)CO. The van der Waals surface area contributed by atoms with E-state index in [1.807, 2.05) is 6.92 Å². The van der Waals surface area contributed by atoms with Gasteiger partial charge in [0.15, 0.2) is 0 Å². The number of hydrogen-bond acceptors (Lipinski definition) is 3. The number of aliphatic hydroxyl groups is 2. The Bertz CT molecular complexity index is 383. The Morgan fingerprint density at radius 2 is 2.06 bits per heavy atom. The number of halogens is 2. The summed E-state index contributed by atoms with van der Waals surface area (Å²) in [5.41, 5.74) is 0.855. The summed E-state index contributed by atoms with van der Waals surface area (Å²) in [7, 11) is 0. The summed E-state index contributed by atoms with van der Waals surface area (Å²) in [6.45, 7) is 2.34. The second-order valence-corrected chi connectivity index (χ2v) is 4.94. The van der Waals surface area contributed by atoms with Crippen molar-refractivity contribution in [2.24, 2.45) is 0 Å². The van der Waals surface area contributed by atoms with E-state index >= 15 is 0 Å². The second kappa shape index (κ2) is 7.85. The van der Waals surface area contributed by atoms with Crippen molar-refractivity contribution >= 4 is 23.2 Å². The quantitative estimate of drug-likeness (QED) is 0.812. The summed E-state index contributed by atoms with van der Waals surface area (Å²) >= 11 is 12.1. The fourth-order valence-corrected chi connectivity index (χ4v) is 2.17. The maximum atomic E-state index is 9.37. The molecule has 0 aromatic heterocycles. The maximum Gasteiger partial charge on any atom is 0.141 e. The van der Waals surface area contributed by atoms with E-state index in [1.54, 1.807) is 12.1 Å². The van der Waals surface area contributed by atoms with E-state index in [0.717, 1.165) is 12.0 Å². The van der Waals surface area contributed by atoms with Crippen LogP contribution < -0.4 is 4.74 Å². The molecule has 102 valence electrons. The standard InChI is InChI=1S/C13H18Cl2O3/c1-2-5-18-13-9(3-4-11(17)8-16)6-10(14)7-12(13)15/h6-7,11,16-17H,2-5,8H2,1H3. The first-order valence-corrected chi connectivity index (χ1v) is 6.73. The highest BCUT2D eigenvalue weighted by molar-refractivity contribution is 6.35. The smallest absolute Gasteiger partial charge is 0.141 e. The lowest BCUT2D eigenvalue weighted by molar-refractivity contribution is 0.0884. The maximum absolute atomic E-state index is 9.37. The first kappa shape index (κ1) is 15.6. The summed E-state index contributed by atoms with van der Waals surface area (Å²) < 4.78 is 5.60. The molecule has 0 amide bonds. The lowest BCUT2D eigenvalue weighted by Gasteiger charge is -2.14. The van der Waals surface area contributed by atoms with Gasteiger partial charge in [0.1, 0.15) is 5.75 Å². The molecule has 5 heteroatoms. The molecular formula is C13H18Cl2O3. The topological polar surface area (TPSA) is 49.7 Å². The Kier molecular flexibility index (Phi) is 6.79. The van der Waals surface area contributed by atoms with Crippen molar-refractivity contribution in [1.82, 2.24) is 0 Å². The average molecular weight is 293 g/mol. The van der Waals surface area contributed by atoms with E-state index in [2.05, 4.69) is 0 Å². The Hall–Kier alpha value is -0.480. The molecule has 1 aromatic carbocycles. The molecule has 18 heavy (non-hydrogen) atoms. The number of rotatable bonds is 7. The number of ether oxygens (including phenoxy) is 1. The van der Waals surface area contributed by atoms with Crippen molar-refractivity contribution in [3.05, 3.63) is 27.7 Å². The van der Waals surface area contributed by atoms with E-state index < -0.39 is 6.10 Å². The molecule has 0 bridgehead atoms. The van der Waals surface area contributed by atoms with Crippen LogP contribution in [-0.4, -0.2) is 29.5 Å². The molecule has 3 nitrogen and oxygen atoms in total. The molecule has 0 radical (unpaired) electrons. The van der Waals surface area contributed by atoms with Crippen LogP contribution in [0.15, 0.2) is 12.1 Å². The minimum Gasteiger partial charge on any atom is -0.492 e. The van der Waals surface area contributed by atoms with E-state index in [0.29, 0.717) is 35.2 Å². The molecule has 0 aliphatic heterocycles. The predicted molar refractivity (Wildman–Crippen MR) is 73.7 cm³/mol. The highest BCUT2D eigenvalue weighted by Crippen LogP contribution is 2.33. The summed E-state index contributed by atoms with van der Waals surface area (Å²) in [4.78, 5) is 0. The Morgan fingerprint density at radius 3 is 2.67 bits per heavy atom. The van der Waals surface area contributed by atoms with Gasteiger partial charge in [-0.1, -0.05) is 30.1 Å². The van der Waals surface area contributed by atoms with Gasteiger partial charge in [-0.3, -0.25) is 0 Å². The third-order valence-electron chi connectivity index (χ3n) is 2.49. The largest absolute Gasteiger partial charge is 0.492 e. The molecule has 0 saturated heterocycles. The molecule has 0 saturated carbocycles. The first-order valence-electron chi connectivity index (χ1n) is 5.98. The highest BCUT2D eigenvalue weighted by Gasteiger charge is 2.12. The van der Waals surface area contributed by atoms with Crippen molar-refractivity contribution in [3.8, 4) is 5.75 Å². The number of aliphatic hydroxyl groups excluding tert-OH is 2. The highest BCUT2D eigenvalue weighted by atomic mass is 35.5. The Morgan fingerprint density at radius 1 is 1.33 bits per heavy atom. The summed E-state index contributed by atoms with van der Waals surface area (Å²) in [5.74, 6) is 0.619. The minimum atomic E-state index is -0.734. The normalized spacial score (nSPS) is 12.5. The summed E-state index contributed by atoms with van der Waals surface area (Å²) in [5, 5.41) is 19.2. The summed E-state index contributed by atoms with van der Waals surface area (Å²) in [6.07, 6.45) is 1.15. The van der Waals surface area contributed by atoms with Crippen LogP contribution in [-0.2, 0) is 6.42 Å². The molecule has 0 aliphatic rings. The van der Waals surface area contributed by atoms with Crippen molar-refractivity contribution < 1.29 is 14.9 Å². The average Bonchev–Trinajstić information content (AvgIpc) is 2.34. The lowest BCUT2D eigenvalue weighted by atomic mass is 10.1. The van der Waals surface area contributed by atoms with Gasteiger partial charge in [0, 0.05) is 5.02 Å². The van der Waals surface area contributed by atoms with Gasteiger partial charge in [0.25, 0.3) is 0 Å². The molecule has 0 heterocycles. The van der Waals surface area contributed by atoms with Gasteiger partial charge in [-0.2, -0.15) is 0 Å². The van der Waals surface area contributed by atoms with E-state index in [9.17, 15) is 5.11 Å². The molecule has 0 aliphatic carbocycles. The van der Waals surface area contributed by atoms with E-state index in [-0.39, 0.29) is 6.61 Å². The van der Waals surface area contributed by atoms with Crippen LogP contribution in [0.4, 0.5) is 0 Å². The van der Waals surface area contributed by atoms with Crippen LogP contribution in [0.3, 0.4) is 0 Å². The van der Waals surface area contributed by atoms with Crippen LogP contribution in [0, 0.1) is 0 Å². The zero-order chi connectivity index (χ0) is 13.5. The first-order chi connectivity index (χ1) is 8.58. The van der Waals surface area contributed by atoms with Gasteiger partial charge in [0.2, 0.25) is 0 Å². The number of aryl methyl sites for hydroxylation is 1. The van der Waals surface area contributed by atoms with Gasteiger partial charge in [-0.05, 0) is 37.0 Å². The molecule has 1 rings (SSSR count). The van der Waals surface area contributed by atoms with E-state index in [4.69, 9.17) is 33.0 Å². The summed E-state index contributed by atoms with van der Waals surface area (Å²) in [6, 6.07) is 3.42. The van der Waals surface area contributed by atoms with Crippen LogP contribution in [0.25, 0.3) is 0 Å². The monoisotopic (exact) mass is 292 g/mol. The molecule has 1 atom stereocenters. The van der Waals surface area contributed by atoms with Gasteiger partial charge < -0.3 is 14.9 Å². The second-order valence-electron chi connectivity index (χ2n) is 4.10. The number of hydrogen-bond donors (Lipinski definition) is 2. The molecule has 2 N–H and O–H groups in total. The zero-order valence-corrected chi connectivity index (χ0v) is 11.8. The van der Waals surface area contributed by atoms with Crippen LogP contribution in [0.5, 0.6) is 5.75 Å².